The molecule has 0 aromatic heterocycles. The van der Waals surface area contributed by atoms with E-state index in [0.717, 1.165) is 0 Å². The van der Waals surface area contributed by atoms with Crippen LogP contribution < -0.4 is 0 Å². The van der Waals surface area contributed by atoms with Crippen LogP contribution in [0.15, 0.2) is 12.7 Å². The third-order valence-corrected chi connectivity index (χ3v) is 0. The van der Waals surface area contributed by atoms with Gasteiger partial charge in [0.25, 0.3) is 0 Å². The predicted molar refractivity (Wildman–Crippen MR) is 45.0 cm³/mol. The van der Waals surface area contributed by atoms with E-state index in [1.165, 1.54) is 0 Å². The average molecular weight is 192 g/mol. The van der Waals surface area contributed by atoms with Crippen molar-refractivity contribution in [3.8, 4) is 0 Å². The van der Waals surface area contributed by atoms with Crippen LogP contribution in [0.4, 0.5) is 0 Å². The largest absolute Gasteiger partial charge is 0.338 e. The molecule has 0 saturated carbocycles. The maximum atomic E-state index is 5.20. The summed E-state index contributed by atoms with van der Waals surface area (Å²) in [5.41, 5.74) is 0. The van der Waals surface area contributed by atoms with Crippen molar-refractivity contribution in [2.75, 3.05) is 0 Å². The van der Waals surface area contributed by atoms with E-state index in [2.05, 4.69) is 6.58 Å². The number of hydrogen-bond donors (Lipinski definition) is 0. The topological polar surface area (TPSA) is 0 Å². The Balaban J connectivity index is 0. The Morgan fingerprint density at radius 2 is 1.38 bits per heavy atom. The van der Waals surface area contributed by atoms with Gasteiger partial charge in [-0.3, -0.25) is 0 Å². The Morgan fingerprint density at radius 1 is 1.38 bits per heavy atom. The zero-order chi connectivity index (χ0) is 7.21. The standard InChI is InChI=1S/C3H6.CH3Cl3Si/c1-3-2;1-5(2,3)4/h3H,1H2,2H3;1H3. The minimum Gasteiger partial charge on any atom is -0.126 e. The van der Waals surface area contributed by atoms with Gasteiger partial charge in [-0.2, -0.15) is 0 Å². The molecule has 0 aliphatic rings. The summed E-state index contributed by atoms with van der Waals surface area (Å²) in [5, 5.41) is 0. The molecule has 0 aliphatic heterocycles. The van der Waals surface area contributed by atoms with Gasteiger partial charge in [0.1, 0.15) is 0 Å². The second-order valence-electron chi connectivity index (χ2n) is 1.19. The summed E-state index contributed by atoms with van der Waals surface area (Å²) in [6, 6.07) is -2.19. The molecule has 4 heteroatoms. The Hall–Kier alpha value is 0.827. The van der Waals surface area contributed by atoms with Crippen LogP contribution in [0, 0.1) is 0 Å². The fourth-order valence-electron chi connectivity index (χ4n) is 0. The van der Waals surface area contributed by atoms with Crippen LogP contribution in [-0.4, -0.2) is 6.00 Å². The van der Waals surface area contributed by atoms with Crippen molar-refractivity contribution >= 4 is 39.2 Å². The van der Waals surface area contributed by atoms with E-state index in [1.807, 2.05) is 6.92 Å². The Labute approximate surface area is 65.6 Å². The molecule has 8 heavy (non-hydrogen) atoms. The number of rotatable bonds is 0. The molecule has 0 unspecified atom stereocenters. The lowest BCUT2D eigenvalue weighted by Crippen LogP contribution is -1.97. The van der Waals surface area contributed by atoms with E-state index in [4.69, 9.17) is 33.2 Å². The smallest absolute Gasteiger partial charge is 0.126 e. The Kier molecular flexibility index (Phi) is 8.64. The van der Waals surface area contributed by atoms with Gasteiger partial charge in [0, 0.05) is 0 Å². The third kappa shape index (κ3) is 339. The summed E-state index contributed by atoms with van der Waals surface area (Å²) in [5.74, 6) is 0. The van der Waals surface area contributed by atoms with Crippen LogP contribution in [0.2, 0.25) is 6.55 Å². The van der Waals surface area contributed by atoms with Crippen molar-refractivity contribution in [1.29, 1.82) is 0 Å². The summed E-state index contributed by atoms with van der Waals surface area (Å²) in [4.78, 5) is 0. The van der Waals surface area contributed by atoms with E-state index >= 15 is 0 Å². The summed E-state index contributed by atoms with van der Waals surface area (Å²) in [6.45, 7) is 6.87. The van der Waals surface area contributed by atoms with E-state index in [-0.39, 0.29) is 0 Å². The van der Waals surface area contributed by atoms with Gasteiger partial charge in [-0.1, -0.05) is 6.08 Å². The highest BCUT2D eigenvalue weighted by molar-refractivity contribution is 7.64. The van der Waals surface area contributed by atoms with Crippen LogP contribution in [-0.2, 0) is 0 Å². The Bertz CT molecular complexity index is 50.8. The normalized spacial score (nSPS) is 9.12. The maximum Gasteiger partial charge on any atom is 0.338 e. The molecule has 0 nitrogen and oxygen atoms in total. The monoisotopic (exact) mass is 190 g/mol. The molecule has 0 radical (unpaired) electrons. The van der Waals surface area contributed by atoms with E-state index in [9.17, 15) is 0 Å². The minimum atomic E-state index is -2.19. The average Bonchev–Trinajstić information content (AvgIpc) is 1.27. The molecule has 0 bridgehead atoms. The maximum absolute atomic E-state index is 5.20. The second kappa shape index (κ2) is 5.95. The van der Waals surface area contributed by atoms with E-state index in [1.54, 1.807) is 12.6 Å². The fourth-order valence-corrected chi connectivity index (χ4v) is 0. The highest BCUT2D eigenvalue weighted by Crippen LogP contribution is 2.17. The number of hydrogen-bond acceptors (Lipinski definition) is 0. The van der Waals surface area contributed by atoms with Crippen molar-refractivity contribution < 1.29 is 0 Å². The van der Waals surface area contributed by atoms with Gasteiger partial charge in [0.05, 0.1) is 0 Å². The molecule has 0 N–H and O–H groups in total. The van der Waals surface area contributed by atoms with E-state index < -0.39 is 6.00 Å². The first-order valence-corrected chi connectivity index (χ1v) is 7.59. The summed E-state index contributed by atoms with van der Waals surface area (Å²) in [6.07, 6.45) is 1.75. The predicted octanol–water partition coefficient (Wildman–Crippen LogP) is 3.46. The zero-order valence-electron chi connectivity index (χ0n) is 4.92. The molecule has 0 aromatic rings. The molecule has 0 fully saturated rings. The molecule has 50 valence electrons. The second-order valence-corrected chi connectivity index (χ2v) is 11.3. The highest BCUT2D eigenvalue weighted by Gasteiger charge is 2.13. The van der Waals surface area contributed by atoms with Crippen molar-refractivity contribution in [3.05, 3.63) is 12.7 Å². The molecule has 0 amide bonds. The molecular formula is C4H9Cl3Si. The lowest BCUT2D eigenvalue weighted by atomic mass is 10.8. The third-order valence-electron chi connectivity index (χ3n) is 0. The number of allylic oxidation sites excluding steroid dienone is 1. The van der Waals surface area contributed by atoms with Crippen LogP contribution in [0.5, 0.6) is 0 Å². The quantitative estimate of drug-likeness (QED) is 0.313. The van der Waals surface area contributed by atoms with Crippen LogP contribution in [0.1, 0.15) is 6.92 Å². The van der Waals surface area contributed by atoms with Crippen molar-refractivity contribution in [1.82, 2.24) is 0 Å². The van der Waals surface area contributed by atoms with Crippen LogP contribution >= 0.6 is 33.2 Å². The molecule has 0 aliphatic carbocycles. The van der Waals surface area contributed by atoms with Crippen molar-refractivity contribution in [3.63, 3.8) is 0 Å². The molecule has 0 atom stereocenters. The van der Waals surface area contributed by atoms with Crippen molar-refractivity contribution in [2.45, 2.75) is 13.5 Å². The van der Waals surface area contributed by atoms with Gasteiger partial charge in [-0.05, 0) is 13.5 Å². The fraction of sp³-hybridized carbons (Fsp3) is 0.500. The summed E-state index contributed by atoms with van der Waals surface area (Å²) < 4.78 is 0. The lowest BCUT2D eigenvalue weighted by Gasteiger charge is -1.89. The highest BCUT2D eigenvalue weighted by atomic mass is 35.8. The lowest BCUT2D eigenvalue weighted by molar-refractivity contribution is 1.80. The molecule has 0 heterocycles. The molecule has 0 aromatic carbocycles. The van der Waals surface area contributed by atoms with Gasteiger partial charge < -0.3 is 0 Å². The first-order chi connectivity index (χ1) is 3.41. The summed E-state index contributed by atoms with van der Waals surface area (Å²) >= 11 is 15.6. The molecule has 0 saturated heterocycles. The SMILES string of the molecule is C=CC.C[Si](Cl)(Cl)Cl. The first kappa shape index (κ1) is 11.6. The molecule has 0 rings (SSSR count). The van der Waals surface area contributed by atoms with Gasteiger partial charge in [-0.25, -0.2) is 0 Å². The van der Waals surface area contributed by atoms with Gasteiger partial charge in [0.15, 0.2) is 0 Å². The zero-order valence-corrected chi connectivity index (χ0v) is 8.19. The van der Waals surface area contributed by atoms with Gasteiger partial charge in [0.2, 0.25) is 0 Å². The van der Waals surface area contributed by atoms with Crippen LogP contribution in [0.25, 0.3) is 0 Å². The summed E-state index contributed by atoms with van der Waals surface area (Å²) in [7, 11) is 0. The van der Waals surface area contributed by atoms with Gasteiger partial charge >= 0.3 is 6.00 Å². The van der Waals surface area contributed by atoms with Gasteiger partial charge in [-0.15, -0.1) is 39.8 Å². The van der Waals surface area contributed by atoms with Crippen molar-refractivity contribution in [2.24, 2.45) is 0 Å². The van der Waals surface area contributed by atoms with Crippen LogP contribution in [0.3, 0.4) is 0 Å². The molecular weight excluding hydrogens is 182 g/mol. The number of halogens is 3. The minimum absolute atomic E-state index is 1.62. The Morgan fingerprint density at radius 3 is 1.38 bits per heavy atom. The molecule has 0 spiro atoms. The first-order valence-electron chi connectivity index (χ1n) is 2.05. The van der Waals surface area contributed by atoms with E-state index in [0.29, 0.717) is 0 Å².